The van der Waals surface area contributed by atoms with E-state index < -0.39 is 0 Å². The molecule has 1 aliphatic rings. The molecule has 4 heteroatoms. The van der Waals surface area contributed by atoms with E-state index >= 15 is 0 Å². The summed E-state index contributed by atoms with van der Waals surface area (Å²) >= 11 is 0. The Hall–Kier alpha value is -2.10. The van der Waals surface area contributed by atoms with Gasteiger partial charge in [-0.25, -0.2) is 0 Å². The van der Waals surface area contributed by atoms with Gasteiger partial charge in [0.15, 0.2) is 0 Å². The van der Waals surface area contributed by atoms with Crippen molar-refractivity contribution < 1.29 is 0 Å². The molecule has 2 aromatic rings. The predicted octanol–water partition coefficient (Wildman–Crippen LogP) is 2.93. The molecule has 0 fully saturated rings. The molecule has 0 saturated heterocycles. The van der Waals surface area contributed by atoms with Gasteiger partial charge in [0.1, 0.15) is 5.84 Å². The van der Waals surface area contributed by atoms with Gasteiger partial charge in [-0.3, -0.25) is 9.67 Å². The number of benzene rings is 1. The molecule has 19 heavy (non-hydrogen) atoms. The first kappa shape index (κ1) is 12.0. The number of anilines is 1. The largest absolute Gasteiger partial charge is 0.342 e. The number of aliphatic imine (C=N–C) groups is 1. The Labute approximate surface area is 113 Å². The van der Waals surface area contributed by atoms with Crippen molar-refractivity contribution in [2.45, 2.75) is 25.8 Å². The Balaban J connectivity index is 1.64. The quantitative estimate of drug-likeness (QED) is 0.915. The van der Waals surface area contributed by atoms with Crippen molar-refractivity contribution in [2.24, 2.45) is 4.99 Å². The van der Waals surface area contributed by atoms with Gasteiger partial charge in [-0.15, -0.1) is 0 Å². The van der Waals surface area contributed by atoms with Crippen LogP contribution in [0.1, 0.15) is 24.8 Å². The lowest BCUT2D eigenvalue weighted by atomic mass is 10.2. The van der Waals surface area contributed by atoms with Gasteiger partial charge >= 0.3 is 0 Å². The monoisotopic (exact) mass is 254 g/mol. The SMILES string of the molecule is c1ccc(Cn2cc(NC3=NCCCC3)cn2)cc1. The van der Waals surface area contributed by atoms with Crippen molar-refractivity contribution in [3.05, 3.63) is 48.3 Å². The fraction of sp³-hybridized carbons (Fsp3) is 0.333. The van der Waals surface area contributed by atoms with Crippen molar-refractivity contribution in [2.75, 3.05) is 11.9 Å². The van der Waals surface area contributed by atoms with Crippen LogP contribution in [0, 0.1) is 0 Å². The van der Waals surface area contributed by atoms with Crippen LogP contribution in [0.15, 0.2) is 47.7 Å². The molecule has 0 aliphatic carbocycles. The molecule has 0 atom stereocenters. The molecule has 0 radical (unpaired) electrons. The van der Waals surface area contributed by atoms with E-state index in [-0.39, 0.29) is 0 Å². The summed E-state index contributed by atoms with van der Waals surface area (Å²) in [6, 6.07) is 10.4. The maximum Gasteiger partial charge on any atom is 0.101 e. The molecule has 0 unspecified atom stereocenters. The Morgan fingerprint density at radius 2 is 2.05 bits per heavy atom. The van der Waals surface area contributed by atoms with E-state index in [2.05, 4.69) is 39.7 Å². The Morgan fingerprint density at radius 1 is 1.16 bits per heavy atom. The fourth-order valence-electron chi connectivity index (χ4n) is 2.25. The lowest BCUT2D eigenvalue weighted by molar-refractivity contribution is 0.687. The zero-order valence-electron chi connectivity index (χ0n) is 10.9. The summed E-state index contributed by atoms with van der Waals surface area (Å²) in [5.41, 5.74) is 2.28. The highest BCUT2D eigenvalue weighted by Crippen LogP contribution is 2.12. The molecule has 3 rings (SSSR count). The van der Waals surface area contributed by atoms with Crippen LogP contribution in [-0.2, 0) is 6.54 Å². The average Bonchev–Trinajstić information content (AvgIpc) is 2.88. The summed E-state index contributed by atoms with van der Waals surface area (Å²) in [5, 5.41) is 7.73. The van der Waals surface area contributed by atoms with Crippen molar-refractivity contribution in [1.29, 1.82) is 0 Å². The minimum absolute atomic E-state index is 0.801. The summed E-state index contributed by atoms with van der Waals surface area (Å²) < 4.78 is 1.95. The molecule has 1 aromatic carbocycles. The molecule has 0 bridgehead atoms. The number of hydrogen-bond acceptors (Lipinski definition) is 3. The standard InChI is InChI=1S/C15H18N4/c1-2-6-13(7-3-1)11-19-12-14(10-17-19)18-15-8-4-5-9-16-15/h1-3,6-7,10,12H,4-5,8-9,11H2,(H,16,18). The Bertz CT molecular complexity index is 557. The normalized spacial score (nSPS) is 15.1. The molecule has 4 nitrogen and oxygen atoms in total. The van der Waals surface area contributed by atoms with Gasteiger partial charge in [0, 0.05) is 19.2 Å². The maximum absolute atomic E-state index is 4.49. The summed E-state index contributed by atoms with van der Waals surface area (Å²) in [5.74, 6) is 1.09. The molecule has 2 heterocycles. The molecule has 0 amide bonds. The Morgan fingerprint density at radius 3 is 2.84 bits per heavy atom. The number of hydrogen-bond donors (Lipinski definition) is 1. The second-order valence-corrected chi connectivity index (χ2v) is 4.82. The van der Waals surface area contributed by atoms with Gasteiger partial charge < -0.3 is 5.32 Å². The van der Waals surface area contributed by atoms with E-state index in [4.69, 9.17) is 0 Å². The molecule has 0 saturated carbocycles. The summed E-state index contributed by atoms with van der Waals surface area (Å²) in [6.07, 6.45) is 7.37. The fourth-order valence-corrected chi connectivity index (χ4v) is 2.25. The van der Waals surface area contributed by atoms with Crippen LogP contribution >= 0.6 is 0 Å². The maximum atomic E-state index is 4.49. The molecular formula is C15H18N4. The summed E-state index contributed by atoms with van der Waals surface area (Å²) in [6.45, 7) is 1.75. The second-order valence-electron chi connectivity index (χ2n) is 4.82. The number of aromatic nitrogens is 2. The zero-order valence-corrected chi connectivity index (χ0v) is 10.9. The number of amidine groups is 1. The van der Waals surface area contributed by atoms with E-state index in [0.29, 0.717) is 0 Å². The van der Waals surface area contributed by atoms with E-state index in [1.54, 1.807) is 0 Å². The average molecular weight is 254 g/mol. The van der Waals surface area contributed by atoms with Crippen LogP contribution in [0.5, 0.6) is 0 Å². The number of rotatable bonds is 3. The number of nitrogens with zero attached hydrogens (tertiary/aromatic N) is 3. The summed E-state index contributed by atoms with van der Waals surface area (Å²) in [4.78, 5) is 4.49. The van der Waals surface area contributed by atoms with Gasteiger partial charge in [-0.05, 0) is 18.4 Å². The zero-order chi connectivity index (χ0) is 12.9. The topological polar surface area (TPSA) is 42.2 Å². The van der Waals surface area contributed by atoms with Crippen molar-refractivity contribution in [3.8, 4) is 0 Å². The van der Waals surface area contributed by atoms with Crippen LogP contribution in [0.4, 0.5) is 5.69 Å². The third kappa shape index (κ3) is 3.22. The van der Waals surface area contributed by atoms with Gasteiger partial charge in [-0.2, -0.15) is 5.10 Å². The predicted molar refractivity (Wildman–Crippen MR) is 77.5 cm³/mol. The van der Waals surface area contributed by atoms with Crippen molar-refractivity contribution in [3.63, 3.8) is 0 Å². The van der Waals surface area contributed by atoms with Gasteiger partial charge in [0.25, 0.3) is 0 Å². The first-order chi connectivity index (χ1) is 9.40. The van der Waals surface area contributed by atoms with Crippen LogP contribution < -0.4 is 5.32 Å². The van der Waals surface area contributed by atoms with Gasteiger partial charge in [0.2, 0.25) is 0 Å². The third-order valence-electron chi connectivity index (χ3n) is 3.23. The number of nitrogens with one attached hydrogen (secondary N) is 1. The van der Waals surface area contributed by atoms with Gasteiger partial charge in [-0.1, -0.05) is 30.3 Å². The molecule has 1 N–H and O–H groups in total. The smallest absolute Gasteiger partial charge is 0.101 e. The molecular weight excluding hydrogens is 236 g/mol. The lowest BCUT2D eigenvalue weighted by Crippen LogP contribution is -2.15. The van der Waals surface area contributed by atoms with E-state index in [9.17, 15) is 0 Å². The van der Waals surface area contributed by atoms with Crippen LogP contribution in [-0.4, -0.2) is 22.2 Å². The highest BCUT2D eigenvalue weighted by molar-refractivity contribution is 5.95. The van der Waals surface area contributed by atoms with Crippen LogP contribution in [0.3, 0.4) is 0 Å². The third-order valence-corrected chi connectivity index (χ3v) is 3.23. The van der Waals surface area contributed by atoms with Crippen LogP contribution in [0.25, 0.3) is 0 Å². The van der Waals surface area contributed by atoms with Crippen LogP contribution in [0.2, 0.25) is 0 Å². The van der Waals surface area contributed by atoms with E-state index in [1.165, 1.54) is 18.4 Å². The first-order valence-corrected chi connectivity index (χ1v) is 6.77. The molecule has 98 valence electrons. The molecule has 1 aromatic heterocycles. The second kappa shape index (κ2) is 5.69. The minimum Gasteiger partial charge on any atom is -0.342 e. The van der Waals surface area contributed by atoms with Crippen molar-refractivity contribution >= 4 is 11.5 Å². The highest BCUT2D eigenvalue weighted by Gasteiger charge is 2.06. The van der Waals surface area contributed by atoms with Crippen molar-refractivity contribution in [1.82, 2.24) is 9.78 Å². The molecule has 0 spiro atoms. The van der Waals surface area contributed by atoms with E-state index in [1.807, 2.05) is 23.1 Å². The van der Waals surface area contributed by atoms with Gasteiger partial charge in [0.05, 0.1) is 18.4 Å². The van der Waals surface area contributed by atoms with E-state index in [0.717, 1.165) is 31.0 Å². The minimum atomic E-state index is 0.801. The Kier molecular flexibility index (Phi) is 3.58. The lowest BCUT2D eigenvalue weighted by Gasteiger charge is -2.12. The summed E-state index contributed by atoms with van der Waals surface area (Å²) in [7, 11) is 0. The first-order valence-electron chi connectivity index (χ1n) is 6.77. The highest BCUT2D eigenvalue weighted by atomic mass is 15.3. The molecule has 1 aliphatic heterocycles.